The van der Waals surface area contributed by atoms with Crippen molar-refractivity contribution in [1.29, 1.82) is 0 Å². The number of amides is 2. The Morgan fingerprint density at radius 2 is 2.00 bits per heavy atom. The fourth-order valence-electron chi connectivity index (χ4n) is 3.08. The number of piperazine rings is 1. The van der Waals surface area contributed by atoms with Crippen molar-refractivity contribution in [3.63, 3.8) is 0 Å². The van der Waals surface area contributed by atoms with Gasteiger partial charge in [0, 0.05) is 38.4 Å². The lowest BCUT2D eigenvalue weighted by Gasteiger charge is -2.42. The van der Waals surface area contributed by atoms with E-state index >= 15 is 0 Å². The van der Waals surface area contributed by atoms with Crippen molar-refractivity contribution in [2.75, 3.05) is 26.7 Å². The van der Waals surface area contributed by atoms with Crippen LogP contribution in [-0.2, 0) is 22.3 Å². The molecule has 2 heterocycles. The van der Waals surface area contributed by atoms with Gasteiger partial charge in [-0.1, -0.05) is 0 Å². The zero-order valence-electron chi connectivity index (χ0n) is 15.3. The molecule has 1 fully saturated rings. The number of carbonyl (C=O) groups excluding carboxylic acids is 2. The smallest absolute Gasteiger partial charge is 0.358 e. The zero-order valence-corrected chi connectivity index (χ0v) is 15.3. The summed E-state index contributed by atoms with van der Waals surface area (Å²) in [6.07, 6.45) is -4.55. The highest BCUT2D eigenvalue weighted by Crippen LogP contribution is 2.28. The van der Waals surface area contributed by atoms with E-state index in [1.54, 1.807) is 0 Å². The first-order valence-electron chi connectivity index (χ1n) is 8.41. The summed E-state index contributed by atoms with van der Waals surface area (Å²) in [5, 5.41) is 6.08. The van der Waals surface area contributed by atoms with Crippen LogP contribution < -0.4 is 5.32 Å². The molecule has 1 saturated heterocycles. The Labute approximate surface area is 150 Å². The van der Waals surface area contributed by atoms with E-state index in [9.17, 15) is 22.8 Å². The minimum atomic E-state index is -4.55. The Hall–Kier alpha value is -2.10. The quantitative estimate of drug-likeness (QED) is 0.848. The summed E-state index contributed by atoms with van der Waals surface area (Å²) in [4.78, 5) is 28.2. The van der Waals surface area contributed by atoms with E-state index in [1.165, 1.54) is 18.9 Å². The second kappa shape index (κ2) is 7.65. The molecule has 0 saturated carbocycles. The summed E-state index contributed by atoms with van der Waals surface area (Å²) in [6.45, 7) is 6.26. The molecule has 1 aromatic rings. The molecule has 0 bridgehead atoms. The third-order valence-electron chi connectivity index (χ3n) is 4.54. The van der Waals surface area contributed by atoms with E-state index in [4.69, 9.17) is 0 Å². The summed E-state index contributed by atoms with van der Waals surface area (Å²) < 4.78 is 39.3. The SMILES string of the molecule is CNC(=O)[C@H]1CN(C(=O)Cn2nc(C(F)(F)F)cc2C)CCN1C(C)C. The van der Waals surface area contributed by atoms with Crippen molar-refractivity contribution in [2.45, 2.75) is 45.6 Å². The van der Waals surface area contributed by atoms with Gasteiger partial charge in [0.05, 0.1) is 0 Å². The highest BCUT2D eigenvalue weighted by molar-refractivity contribution is 5.83. The topological polar surface area (TPSA) is 70.5 Å². The maximum Gasteiger partial charge on any atom is 0.435 e. The second-order valence-corrected chi connectivity index (χ2v) is 6.63. The Morgan fingerprint density at radius 3 is 2.50 bits per heavy atom. The van der Waals surface area contributed by atoms with Gasteiger partial charge in [0.25, 0.3) is 0 Å². The van der Waals surface area contributed by atoms with Crippen LogP contribution in [-0.4, -0.2) is 70.2 Å². The van der Waals surface area contributed by atoms with Gasteiger partial charge < -0.3 is 10.2 Å². The Morgan fingerprint density at radius 1 is 1.35 bits per heavy atom. The molecule has 10 heteroatoms. The number of nitrogens with one attached hydrogen (secondary N) is 1. The zero-order chi connectivity index (χ0) is 19.6. The molecule has 7 nitrogen and oxygen atoms in total. The van der Waals surface area contributed by atoms with Gasteiger partial charge in [-0.15, -0.1) is 0 Å². The van der Waals surface area contributed by atoms with Gasteiger partial charge in [-0.05, 0) is 26.8 Å². The van der Waals surface area contributed by atoms with Crippen LogP contribution in [0.5, 0.6) is 0 Å². The number of hydrogen-bond donors (Lipinski definition) is 1. The monoisotopic (exact) mass is 375 g/mol. The number of halogens is 3. The minimum absolute atomic E-state index is 0.136. The molecule has 1 N–H and O–H groups in total. The fourth-order valence-corrected chi connectivity index (χ4v) is 3.08. The van der Waals surface area contributed by atoms with E-state index in [-0.39, 0.29) is 36.6 Å². The standard InChI is InChI=1S/C16H24F3N5O2/c1-10(2)23-6-5-22(8-12(23)15(26)20-4)14(25)9-24-11(3)7-13(21-24)16(17,18)19/h7,10,12H,5-6,8-9H2,1-4H3,(H,20,26)/t12-/m1/s1. The lowest BCUT2D eigenvalue weighted by atomic mass is 10.1. The molecule has 1 aliphatic rings. The number of alkyl halides is 3. The molecular weight excluding hydrogens is 351 g/mol. The van der Waals surface area contributed by atoms with Gasteiger partial charge in [-0.2, -0.15) is 18.3 Å². The second-order valence-electron chi connectivity index (χ2n) is 6.63. The molecule has 2 amide bonds. The molecule has 0 aromatic carbocycles. The van der Waals surface area contributed by atoms with Gasteiger partial charge >= 0.3 is 6.18 Å². The van der Waals surface area contributed by atoms with Crippen molar-refractivity contribution in [3.8, 4) is 0 Å². The maximum atomic E-state index is 12.7. The van der Waals surface area contributed by atoms with Crippen LogP contribution in [0.25, 0.3) is 0 Å². The van der Waals surface area contributed by atoms with Crippen LogP contribution in [0.2, 0.25) is 0 Å². The highest BCUT2D eigenvalue weighted by Gasteiger charge is 2.36. The molecule has 0 unspecified atom stereocenters. The highest BCUT2D eigenvalue weighted by atomic mass is 19.4. The first-order chi connectivity index (χ1) is 12.0. The molecule has 1 aliphatic heterocycles. The molecule has 1 aromatic heterocycles. The number of rotatable bonds is 4. The molecule has 1 atom stereocenters. The number of aromatic nitrogens is 2. The van der Waals surface area contributed by atoms with Crippen molar-refractivity contribution in [3.05, 3.63) is 17.5 Å². The predicted octanol–water partition coefficient (Wildman–Crippen LogP) is 0.878. The third-order valence-corrected chi connectivity index (χ3v) is 4.54. The molecular formula is C16H24F3N5O2. The van der Waals surface area contributed by atoms with Crippen LogP contribution in [0.15, 0.2) is 6.07 Å². The van der Waals surface area contributed by atoms with E-state index in [0.29, 0.717) is 13.1 Å². The van der Waals surface area contributed by atoms with Gasteiger partial charge in [0.2, 0.25) is 11.8 Å². The number of nitrogens with zero attached hydrogens (tertiary/aromatic N) is 4. The Kier molecular flexibility index (Phi) is 5.94. The van der Waals surface area contributed by atoms with E-state index in [1.807, 2.05) is 18.7 Å². The van der Waals surface area contributed by atoms with Crippen LogP contribution in [0, 0.1) is 6.92 Å². The lowest BCUT2D eigenvalue weighted by Crippen LogP contribution is -2.61. The summed E-state index contributed by atoms with van der Waals surface area (Å²) in [7, 11) is 1.54. The average molecular weight is 375 g/mol. The van der Waals surface area contributed by atoms with Gasteiger partial charge in [-0.25, -0.2) is 0 Å². The number of hydrogen-bond acceptors (Lipinski definition) is 4. The Bertz CT molecular complexity index is 671. The maximum absolute atomic E-state index is 12.7. The summed E-state index contributed by atoms with van der Waals surface area (Å²) >= 11 is 0. The molecule has 0 spiro atoms. The van der Waals surface area contributed by atoms with Gasteiger partial charge in [0.1, 0.15) is 12.6 Å². The third kappa shape index (κ3) is 4.35. The minimum Gasteiger partial charge on any atom is -0.358 e. The van der Waals surface area contributed by atoms with Crippen molar-refractivity contribution >= 4 is 11.8 Å². The molecule has 0 radical (unpaired) electrons. The first kappa shape index (κ1) is 20.2. The molecule has 26 heavy (non-hydrogen) atoms. The van der Waals surface area contributed by atoms with Crippen molar-refractivity contribution in [2.24, 2.45) is 0 Å². The Balaban J connectivity index is 2.11. The number of carbonyl (C=O) groups is 2. The van der Waals surface area contributed by atoms with E-state index in [2.05, 4.69) is 10.4 Å². The number of likely N-dealkylation sites (N-methyl/N-ethyl adjacent to an activating group) is 1. The van der Waals surface area contributed by atoms with Crippen LogP contribution in [0.4, 0.5) is 13.2 Å². The molecule has 146 valence electrons. The fraction of sp³-hybridized carbons (Fsp3) is 0.688. The predicted molar refractivity (Wildman–Crippen MR) is 88.2 cm³/mol. The summed E-state index contributed by atoms with van der Waals surface area (Å²) in [5.41, 5.74) is -0.759. The van der Waals surface area contributed by atoms with E-state index in [0.717, 1.165) is 10.7 Å². The normalized spacial score (nSPS) is 19.1. The first-order valence-corrected chi connectivity index (χ1v) is 8.41. The summed E-state index contributed by atoms with van der Waals surface area (Å²) in [6, 6.07) is 0.566. The van der Waals surface area contributed by atoms with Crippen molar-refractivity contribution in [1.82, 2.24) is 24.9 Å². The molecule has 0 aliphatic carbocycles. The summed E-state index contributed by atoms with van der Waals surface area (Å²) in [5.74, 6) is -0.548. The number of aryl methyl sites for hydroxylation is 1. The average Bonchev–Trinajstić information content (AvgIpc) is 2.94. The van der Waals surface area contributed by atoms with Gasteiger partial charge in [0.15, 0.2) is 5.69 Å². The van der Waals surface area contributed by atoms with E-state index < -0.39 is 17.9 Å². The van der Waals surface area contributed by atoms with Crippen LogP contribution >= 0.6 is 0 Å². The van der Waals surface area contributed by atoms with Gasteiger partial charge in [-0.3, -0.25) is 19.2 Å². The van der Waals surface area contributed by atoms with Crippen molar-refractivity contribution < 1.29 is 22.8 Å². The van der Waals surface area contributed by atoms with Crippen LogP contribution in [0.3, 0.4) is 0 Å². The largest absolute Gasteiger partial charge is 0.435 e. The molecule has 2 rings (SSSR count). The van der Waals surface area contributed by atoms with Crippen LogP contribution in [0.1, 0.15) is 25.2 Å². The lowest BCUT2D eigenvalue weighted by molar-refractivity contribution is -0.143.